The quantitative estimate of drug-likeness (QED) is 0.566. The minimum Gasteiger partial charge on any atom is -0.480 e. The molecular weight excluding hydrogens is 407 g/mol. The molecule has 0 aliphatic heterocycles. The number of hydrogen-bond acceptors (Lipinski definition) is 5. The van der Waals surface area contributed by atoms with Gasteiger partial charge in [0.1, 0.15) is 6.54 Å². The van der Waals surface area contributed by atoms with Gasteiger partial charge in [0.15, 0.2) is 0 Å². The molecule has 0 unspecified atom stereocenters. The Morgan fingerprint density at radius 1 is 1.23 bits per heavy atom. The molecule has 8 nitrogen and oxygen atoms in total. The molecule has 0 amide bonds. The molecule has 0 heterocycles. The number of aryl methyl sites for hydroxylation is 1. The Hall–Kier alpha value is -2.36. The molecule has 0 radical (unpaired) electrons. The van der Waals surface area contributed by atoms with Crippen LogP contribution in [0.3, 0.4) is 0 Å². The molecule has 0 bridgehead atoms. The molecule has 0 saturated carbocycles. The zero-order valence-corrected chi connectivity index (χ0v) is 15.5. The lowest BCUT2D eigenvalue weighted by Gasteiger charge is -2.24. The Balaban J connectivity index is 2.71. The van der Waals surface area contributed by atoms with Crippen LogP contribution in [0.1, 0.15) is 5.56 Å². The smallest absolute Gasteiger partial charge is 0.324 e. The van der Waals surface area contributed by atoms with Crippen molar-refractivity contribution in [1.29, 1.82) is 0 Å². The summed E-state index contributed by atoms with van der Waals surface area (Å²) in [5, 5.41) is 20.2. The Morgan fingerprint density at radius 3 is 2.46 bits per heavy atom. The molecule has 0 spiro atoms. The molecule has 0 atom stereocenters. The van der Waals surface area contributed by atoms with Gasteiger partial charge in [-0.1, -0.05) is 29.3 Å². The van der Waals surface area contributed by atoms with Gasteiger partial charge in [0, 0.05) is 17.2 Å². The first kappa shape index (κ1) is 20.0. The number of rotatable bonds is 6. The highest BCUT2D eigenvalue weighted by molar-refractivity contribution is 7.93. The Labute approximate surface area is 158 Å². The maximum absolute atomic E-state index is 13.1. The lowest BCUT2D eigenvalue weighted by molar-refractivity contribution is -0.385. The van der Waals surface area contributed by atoms with Crippen molar-refractivity contribution in [2.75, 3.05) is 10.8 Å². The van der Waals surface area contributed by atoms with Crippen molar-refractivity contribution in [3.05, 3.63) is 62.1 Å². The molecular formula is C15H12Cl2N2O6S. The minimum atomic E-state index is -4.47. The number of halogens is 2. The zero-order valence-electron chi connectivity index (χ0n) is 13.2. The van der Waals surface area contributed by atoms with Crippen molar-refractivity contribution in [2.45, 2.75) is 11.8 Å². The summed E-state index contributed by atoms with van der Waals surface area (Å²) >= 11 is 11.9. The van der Waals surface area contributed by atoms with E-state index in [2.05, 4.69) is 0 Å². The molecule has 2 aromatic carbocycles. The van der Waals surface area contributed by atoms with Crippen molar-refractivity contribution in [3.8, 4) is 0 Å². The fourth-order valence-corrected chi connectivity index (χ4v) is 4.31. The first-order valence-electron chi connectivity index (χ1n) is 6.98. The van der Waals surface area contributed by atoms with E-state index < -0.39 is 38.0 Å². The fourth-order valence-electron chi connectivity index (χ4n) is 2.20. The number of aliphatic carboxylic acids is 1. The molecule has 0 aromatic heterocycles. The first-order valence-corrected chi connectivity index (χ1v) is 9.18. The number of non-ortho nitro benzene ring substituents is 1. The lowest BCUT2D eigenvalue weighted by Crippen LogP contribution is -2.36. The van der Waals surface area contributed by atoms with E-state index in [9.17, 15) is 23.3 Å². The van der Waals surface area contributed by atoms with Crippen molar-refractivity contribution in [2.24, 2.45) is 0 Å². The third kappa shape index (κ3) is 4.06. The standard InChI is InChI=1S/C15H12Cl2N2O6S/c1-9-2-4-11(19(22)23)7-14(9)26(24,25)18(8-15(20)21)13-6-10(16)3-5-12(13)17/h2-7H,8H2,1H3,(H,20,21). The number of benzene rings is 2. The summed E-state index contributed by atoms with van der Waals surface area (Å²) in [6, 6.07) is 7.24. The van der Waals surface area contributed by atoms with E-state index in [-0.39, 0.29) is 21.3 Å². The largest absolute Gasteiger partial charge is 0.480 e. The molecule has 1 N–H and O–H groups in total. The average molecular weight is 419 g/mol. The van der Waals surface area contributed by atoms with Gasteiger partial charge in [0.05, 0.1) is 20.5 Å². The average Bonchev–Trinajstić information content (AvgIpc) is 2.54. The Kier molecular flexibility index (Phi) is 5.74. The molecule has 0 fully saturated rings. The van der Waals surface area contributed by atoms with E-state index in [1.165, 1.54) is 31.2 Å². The van der Waals surface area contributed by atoms with Crippen LogP contribution in [0.15, 0.2) is 41.3 Å². The number of hydrogen-bond donors (Lipinski definition) is 1. The van der Waals surface area contributed by atoms with E-state index in [1.807, 2.05) is 0 Å². The minimum absolute atomic E-state index is 0.0395. The van der Waals surface area contributed by atoms with E-state index in [0.29, 0.717) is 4.31 Å². The lowest BCUT2D eigenvalue weighted by atomic mass is 10.2. The van der Waals surface area contributed by atoms with Gasteiger partial charge in [-0.3, -0.25) is 19.2 Å². The van der Waals surface area contributed by atoms with Gasteiger partial charge < -0.3 is 5.11 Å². The second-order valence-corrected chi connectivity index (χ2v) is 7.88. The molecule has 2 rings (SSSR count). The highest BCUT2D eigenvalue weighted by Crippen LogP contribution is 2.34. The van der Waals surface area contributed by atoms with Crippen LogP contribution in [0.25, 0.3) is 0 Å². The predicted octanol–water partition coefficient (Wildman–Crippen LogP) is 3.49. The second-order valence-electron chi connectivity index (χ2n) is 5.21. The molecule has 0 aliphatic rings. The molecule has 11 heteroatoms. The number of nitro benzene ring substituents is 1. The van der Waals surface area contributed by atoms with Crippen LogP contribution in [-0.2, 0) is 14.8 Å². The third-order valence-corrected chi connectivity index (χ3v) is 5.86. The van der Waals surface area contributed by atoms with Crippen LogP contribution in [0.5, 0.6) is 0 Å². The Morgan fingerprint density at radius 2 is 1.88 bits per heavy atom. The van der Waals surface area contributed by atoms with Gasteiger partial charge in [-0.25, -0.2) is 8.42 Å². The number of carboxylic acid groups (broad SMARTS) is 1. The number of nitrogens with zero attached hydrogens (tertiary/aromatic N) is 2. The number of anilines is 1. The van der Waals surface area contributed by atoms with E-state index in [0.717, 1.165) is 12.1 Å². The van der Waals surface area contributed by atoms with Crippen molar-refractivity contribution in [3.63, 3.8) is 0 Å². The van der Waals surface area contributed by atoms with Gasteiger partial charge >= 0.3 is 5.97 Å². The fraction of sp³-hybridized carbons (Fsp3) is 0.133. The van der Waals surface area contributed by atoms with Gasteiger partial charge in [-0.2, -0.15) is 0 Å². The molecule has 2 aromatic rings. The van der Waals surface area contributed by atoms with Gasteiger partial charge in [-0.05, 0) is 30.7 Å². The summed E-state index contributed by atoms with van der Waals surface area (Å²) in [4.78, 5) is 21.1. The van der Waals surface area contributed by atoms with Gasteiger partial charge in [-0.15, -0.1) is 0 Å². The normalized spacial score (nSPS) is 11.2. The number of sulfonamides is 1. The summed E-state index contributed by atoms with van der Waals surface area (Å²) < 4.78 is 26.7. The highest BCUT2D eigenvalue weighted by Gasteiger charge is 2.31. The summed E-state index contributed by atoms with van der Waals surface area (Å²) in [6.45, 7) is 0.500. The second kappa shape index (κ2) is 7.48. The van der Waals surface area contributed by atoms with E-state index >= 15 is 0 Å². The molecule has 138 valence electrons. The Bertz CT molecular complexity index is 994. The molecule has 0 saturated heterocycles. The molecule has 26 heavy (non-hydrogen) atoms. The van der Waals surface area contributed by atoms with Crippen LogP contribution in [-0.4, -0.2) is 31.0 Å². The van der Waals surface area contributed by atoms with Gasteiger partial charge in [0.2, 0.25) is 0 Å². The number of carboxylic acids is 1. The summed E-state index contributed by atoms with van der Waals surface area (Å²) in [6.07, 6.45) is 0. The number of carbonyl (C=O) groups is 1. The van der Waals surface area contributed by atoms with Crippen molar-refractivity contribution < 1.29 is 23.2 Å². The summed E-state index contributed by atoms with van der Waals surface area (Å²) in [5.74, 6) is -1.44. The predicted molar refractivity (Wildman–Crippen MR) is 96.5 cm³/mol. The molecule has 0 aliphatic carbocycles. The number of nitro groups is 1. The monoisotopic (exact) mass is 418 g/mol. The first-order chi connectivity index (χ1) is 12.0. The van der Waals surface area contributed by atoms with Crippen molar-refractivity contribution >= 4 is 50.6 Å². The van der Waals surface area contributed by atoms with Crippen LogP contribution in [0.2, 0.25) is 10.0 Å². The highest BCUT2D eigenvalue weighted by atomic mass is 35.5. The summed E-state index contributed by atoms with van der Waals surface area (Å²) in [7, 11) is -4.47. The third-order valence-electron chi connectivity index (χ3n) is 3.41. The summed E-state index contributed by atoms with van der Waals surface area (Å²) in [5.41, 5.74) is -0.377. The van der Waals surface area contributed by atoms with Crippen molar-refractivity contribution in [1.82, 2.24) is 0 Å². The van der Waals surface area contributed by atoms with Crippen LogP contribution in [0.4, 0.5) is 11.4 Å². The van der Waals surface area contributed by atoms with E-state index in [1.54, 1.807) is 0 Å². The van der Waals surface area contributed by atoms with E-state index in [4.69, 9.17) is 28.3 Å². The van der Waals surface area contributed by atoms with Crippen LogP contribution < -0.4 is 4.31 Å². The maximum Gasteiger partial charge on any atom is 0.324 e. The topological polar surface area (TPSA) is 118 Å². The van der Waals surface area contributed by atoms with Crippen LogP contribution in [0, 0.1) is 17.0 Å². The van der Waals surface area contributed by atoms with Gasteiger partial charge in [0.25, 0.3) is 15.7 Å². The van der Waals surface area contributed by atoms with Crippen LogP contribution >= 0.6 is 23.2 Å². The zero-order chi connectivity index (χ0) is 19.6. The maximum atomic E-state index is 13.1. The SMILES string of the molecule is Cc1ccc([N+](=O)[O-])cc1S(=O)(=O)N(CC(=O)O)c1cc(Cl)ccc1Cl.